The quantitative estimate of drug-likeness (QED) is 0.393. The van der Waals surface area contributed by atoms with Gasteiger partial charge in [0.1, 0.15) is 6.10 Å². The largest absolute Gasteiger partial charge is 0.399 e. The molecule has 2 aromatic carbocycles. The number of anilines is 2. The minimum absolute atomic E-state index is 0.0630. The lowest BCUT2D eigenvalue weighted by Crippen LogP contribution is -2.50. The lowest BCUT2D eigenvalue weighted by molar-refractivity contribution is -0.158. The topological polar surface area (TPSA) is 148 Å². The van der Waals surface area contributed by atoms with E-state index in [4.69, 9.17) is 16.2 Å². The summed E-state index contributed by atoms with van der Waals surface area (Å²) in [4.78, 5) is 44.3. The summed E-state index contributed by atoms with van der Waals surface area (Å²) in [5.74, 6) is -6.00. The van der Waals surface area contributed by atoms with Crippen LogP contribution in [0.15, 0.2) is 36.4 Å². The summed E-state index contributed by atoms with van der Waals surface area (Å²) in [5.41, 5.74) is 17.8. The Morgan fingerprint density at radius 3 is 1.35 bits per heavy atom. The van der Waals surface area contributed by atoms with E-state index in [-0.39, 0.29) is 6.10 Å². The lowest BCUT2D eigenvalue weighted by atomic mass is 9.59. The third kappa shape index (κ3) is 2.66. The molecule has 0 aromatic heterocycles. The van der Waals surface area contributed by atoms with E-state index in [9.17, 15) is 19.2 Å². The summed E-state index contributed by atoms with van der Waals surface area (Å²) < 4.78 is 14.2. The predicted octanol–water partition coefficient (Wildman–Crippen LogP) is 1.20. The summed E-state index contributed by atoms with van der Waals surface area (Å²) >= 11 is 0. The average Bonchev–Trinajstić information content (AvgIpc) is 3.20. The van der Waals surface area contributed by atoms with Crippen molar-refractivity contribution in [1.82, 2.24) is 0 Å². The molecule has 0 bridgehead atoms. The van der Waals surface area contributed by atoms with E-state index in [0.29, 0.717) is 0 Å². The van der Waals surface area contributed by atoms with Crippen molar-refractivity contribution in [2.75, 3.05) is 18.6 Å². The first kappa shape index (κ1) is 19.3. The predicted molar refractivity (Wildman–Crippen MR) is 106 cm³/mol. The van der Waals surface area contributed by atoms with Crippen molar-refractivity contribution >= 4 is 35.3 Å². The van der Waals surface area contributed by atoms with Gasteiger partial charge in [-0.2, -0.15) is 0 Å². The van der Waals surface area contributed by atoms with Crippen molar-refractivity contribution in [3.05, 3.63) is 47.5 Å². The molecule has 2 aliphatic carbocycles. The molecule has 3 fully saturated rings. The number of cyclic esters (lactones) is 4. The highest BCUT2D eigenvalue weighted by Crippen LogP contribution is 2.55. The highest BCUT2D eigenvalue weighted by atomic mass is 16.6. The van der Waals surface area contributed by atoms with E-state index < -0.39 is 47.5 Å². The van der Waals surface area contributed by atoms with Crippen molar-refractivity contribution in [2.45, 2.75) is 6.10 Å². The Morgan fingerprint density at radius 1 is 0.677 bits per heavy atom. The monoisotopic (exact) mass is 422 g/mol. The molecule has 4 aliphatic rings. The van der Waals surface area contributed by atoms with Gasteiger partial charge in [0.2, 0.25) is 0 Å². The molecule has 0 atom stereocenters. The number of fused-ring (bicyclic) bond motifs is 7. The van der Waals surface area contributed by atoms with Crippen LogP contribution < -0.4 is 11.5 Å². The van der Waals surface area contributed by atoms with Crippen molar-refractivity contribution in [1.29, 1.82) is 0 Å². The Bertz CT molecular complexity index is 1040. The SMILES string of the molecule is COC1c2cc(N)ccc2-c2ccc(N)cc21.O=C1OC(=O)C2C1C1C(=O)OC(=O)C21. The molecule has 0 radical (unpaired) electrons. The maximum atomic E-state index is 11.1. The fourth-order valence-corrected chi connectivity index (χ4v) is 4.90. The van der Waals surface area contributed by atoms with E-state index in [1.165, 1.54) is 11.1 Å². The van der Waals surface area contributed by atoms with Crippen LogP contribution >= 0.6 is 0 Å². The highest BCUT2D eigenvalue weighted by Gasteiger charge is 2.72. The van der Waals surface area contributed by atoms with E-state index >= 15 is 0 Å². The molecule has 2 aliphatic heterocycles. The number of rotatable bonds is 1. The Hall–Kier alpha value is -3.72. The van der Waals surface area contributed by atoms with Crippen LogP contribution in [0.5, 0.6) is 0 Å². The second-order valence-corrected chi connectivity index (χ2v) is 7.89. The van der Waals surface area contributed by atoms with Crippen LogP contribution in [0.3, 0.4) is 0 Å². The zero-order chi connectivity index (χ0) is 22.0. The third-order valence-electron chi connectivity index (χ3n) is 6.28. The number of hydrogen-bond donors (Lipinski definition) is 2. The molecule has 2 aromatic rings. The molecular formula is C22H18N2O7. The van der Waals surface area contributed by atoms with Gasteiger partial charge in [0.15, 0.2) is 0 Å². The number of carbonyl (C=O) groups is 4. The van der Waals surface area contributed by atoms with E-state index in [1.807, 2.05) is 36.4 Å². The summed E-state index contributed by atoms with van der Waals surface area (Å²) in [6, 6.07) is 11.9. The summed E-state index contributed by atoms with van der Waals surface area (Å²) in [7, 11) is 1.70. The lowest BCUT2D eigenvalue weighted by Gasteiger charge is -2.33. The number of hydrogen-bond acceptors (Lipinski definition) is 9. The van der Waals surface area contributed by atoms with Crippen molar-refractivity contribution in [2.24, 2.45) is 23.7 Å². The standard InChI is InChI=1S/C14H14N2O.C8H4O6/c1-17-14-12-6-8(15)2-4-10(12)11-5-3-9(16)7-13(11)14;9-5-1-2(6(10)13-5)4-3(1)7(11)14-8(4)12/h2-7,14H,15-16H2,1H3;1-4H. The van der Waals surface area contributed by atoms with E-state index in [2.05, 4.69) is 9.47 Å². The average molecular weight is 422 g/mol. The number of esters is 4. The number of ether oxygens (including phenoxy) is 3. The Morgan fingerprint density at radius 2 is 1.03 bits per heavy atom. The van der Waals surface area contributed by atoms with Crippen LogP contribution in [0.2, 0.25) is 0 Å². The molecule has 158 valence electrons. The number of nitrogens with two attached hydrogens (primary N) is 2. The molecule has 0 unspecified atom stereocenters. The molecule has 9 heteroatoms. The van der Waals surface area contributed by atoms with Crippen LogP contribution in [0, 0.1) is 23.7 Å². The number of carbonyl (C=O) groups excluding carboxylic acids is 4. The molecular weight excluding hydrogens is 404 g/mol. The molecule has 1 saturated carbocycles. The van der Waals surface area contributed by atoms with Crippen LogP contribution in [0.4, 0.5) is 11.4 Å². The maximum absolute atomic E-state index is 11.1. The Labute approximate surface area is 176 Å². The van der Waals surface area contributed by atoms with Crippen LogP contribution in [-0.4, -0.2) is 31.0 Å². The van der Waals surface area contributed by atoms with Crippen LogP contribution in [0.25, 0.3) is 11.1 Å². The zero-order valence-electron chi connectivity index (χ0n) is 16.4. The Kier molecular flexibility index (Phi) is 4.13. The molecule has 4 N–H and O–H groups in total. The van der Waals surface area contributed by atoms with Crippen LogP contribution in [0.1, 0.15) is 17.2 Å². The van der Waals surface area contributed by atoms with Gasteiger partial charge in [0.05, 0.1) is 23.7 Å². The summed E-state index contributed by atoms with van der Waals surface area (Å²) in [5, 5.41) is 0. The second kappa shape index (κ2) is 6.64. The van der Waals surface area contributed by atoms with Gasteiger partial charge in [-0.25, -0.2) is 0 Å². The van der Waals surface area contributed by atoms with Crippen molar-refractivity contribution in [3.63, 3.8) is 0 Å². The first-order valence-electron chi connectivity index (χ1n) is 9.65. The first-order valence-corrected chi connectivity index (χ1v) is 9.65. The molecule has 31 heavy (non-hydrogen) atoms. The fraction of sp³-hybridized carbons (Fsp3) is 0.273. The second-order valence-electron chi connectivity index (χ2n) is 7.89. The first-order chi connectivity index (χ1) is 14.8. The number of nitrogen functional groups attached to an aromatic ring is 2. The molecule has 0 amide bonds. The van der Waals surface area contributed by atoms with Gasteiger partial charge < -0.3 is 25.7 Å². The van der Waals surface area contributed by atoms with Gasteiger partial charge in [0, 0.05) is 18.5 Å². The highest BCUT2D eigenvalue weighted by molar-refractivity contribution is 6.10. The molecule has 9 nitrogen and oxygen atoms in total. The van der Waals surface area contributed by atoms with E-state index in [1.54, 1.807) is 7.11 Å². The van der Waals surface area contributed by atoms with Gasteiger partial charge in [-0.3, -0.25) is 19.2 Å². The van der Waals surface area contributed by atoms with Crippen molar-refractivity contribution in [3.8, 4) is 11.1 Å². The van der Waals surface area contributed by atoms with Gasteiger partial charge in [-0.15, -0.1) is 0 Å². The minimum Gasteiger partial charge on any atom is -0.399 e. The molecule has 2 heterocycles. The van der Waals surface area contributed by atoms with Gasteiger partial charge in [-0.1, -0.05) is 12.1 Å². The smallest absolute Gasteiger partial charge is 0.318 e. The number of methoxy groups -OCH3 is 1. The number of benzene rings is 2. The van der Waals surface area contributed by atoms with Gasteiger partial charge in [-0.05, 0) is 46.5 Å². The molecule has 0 spiro atoms. The molecule has 6 rings (SSSR count). The van der Waals surface area contributed by atoms with E-state index in [0.717, 1.165) is 22.5 Å². The zero-order valence-corrected chi connectivity index (χ0v) is 16.4. The Balaban J connectivity index is 0.000000134. The maximum Gasteiger partial charge on any atom is 0.318 e. The molecule has 2 saturated heterocycles. The van der Waals surface area contributed by atoms with Gasteiger partial charge >= 0.3 is 23.9 Å². The van der Waals surface area contributed by atoms with Gasteiger partial charge in [0.25, 0.3) is 0 Å². The summed E-state index contributed by atoms with van der Waals surface area (Å²) in [6.07, 6.45) is -0.0630. The fourth-order valence-electron chi connectivity index (χ4n) is 4.90. The normalized spacial score (nSPS) is 27.3. The van der Waals surface area contributed by atoms with Crippen LogP contribution in [-0.2, 0) is 33.4 Å². The van der Waals surface area contributed by atoms with Crippen molar-refractivity contribution < 1.29 is 33.4 Å². The minimum atomic E-state index is -0.786. The third-order valence-corrected chi connectivity index (χ3v) is 6.28. The summed E-state index contributed by atoms with van der Waals surface area (Å²) in [6.45, 7) is 0.